The first-order valence-electron chi connectivity index (χ1n) is 19.1. The molecule has 1 aromatic heterocycles. The molecule has 0 fully saturated rings. The van der Waals surface area contributed by atoms with E-state index in [-0.39, 0.29) is 6.98 Å². The minimum Gasteiger partial charge on any atom is -0.457 e. The fourth-order valence-electron chi connectivity index (χ4n) is 8.94. The lowest BCUT2D eigenvalue weighted by molar-refractivity contribution is 0.483. The number of nitrogens with zero attached hydrogens (tertiary/aromatic N) is 5. The summed E-state index contributed by atoms with van der Waals surface area (Å²) in [5.74, 6) is 2.94. The Morgan fingerprint density at radius 2 is 1.31 bits per heavy atom. The van der Waals surface area contributed by atoms with Crippen LogP contribution in [0.3, 0.4) is 0 Å². The van der Waals surface area contributed by atoms with Crippen molar-refractivity contribution < 1.29 is 4.74 Å². The zero-order chi connectivity index (χ0) is 36.3. The van der Waals surface area contributed by atoms with Crippen molar-refractivity contribution in [3.8, 4) is 34.1 Å². The zero-order valence-corrected chi connectivity index (χ0v) is 31.0. The van der Waals surface area contributed by atoms with E-state index < -0.39 is 0 Å². The molecule has 6 nitrogen and oxygen atoms in total. The molecule has 7 heteroatoms. The number of ether oxygens (including phenoxy) is 1. The molecule has 0 atom stereocenters. The molecule has 3 aliphatic heterocycles. The molecule has 10 rings (SSSR count). The summed E-state index contributed by atoms with van der Waals surface area (Å²) in [4.78, 5) is 12.4. The summed E-state index contributed by atoms with van der Waals surface area (Å²) in [6.45, 7) is 5.31. The van der Waals surface area contributed by atoms with E-state index in [0.717, 1.165) is 65.9 Å². The molecule has 3 aliphatic rings. The first-order chi connectivity index (χ1) is 26.5. The molecule has 0 unspecified atom stereocenters. The van der Waals surface area contributed by atoms with Crippen LogP contribution in [0.4, 0.5) is 28.4 Å². The SMILES string of the molecule is CC(C)c1cccc2c1B1N(C)c3ccc(Oc4cccc(N5CN(c6ccccc6)c6ccccc65)c4)cc3-c3ncc(n31)-c1ccccc1CCC2. The van der Waals surface area contributed by atoms with Crippen LogP contribution in [0.2, 0.25) is 0 Å². The summed E-state index contributed by atoms with van der Waals surface area (Å²) >= 11 is 0. The lowest BCUT2D eigenvalue weighted by atomic mass is 9.58. The predicted octanol–water partition coefficient (Wildman–Crippen LogP) is 10.6. The van der Waals surface area contributed by atoms with E-state index in [1.54, 1.807) is 0 Å². The van der Waals surface area contributed by atoms with Crippen molar-refractivity contribution in [1.82, 2.24) is 9.46 Å². The van der Waals surface area contributed by atoms with Crippen LogP contribution in [0.1, 0.15) is 42.9 Å². The lowest BCUT2D eigenvalue weighted by Gasteiger charge is -2.38. The number of aryl methyl sites for hydroxylation is 2. The van der Waals surface area contributed by atoms with Gasteiger partial charge in [-0.15, -0.1) is 0 Å². The maximum atomic E-state index is 6.72. The second-order valence-corrected chi connectivity index (χ2v) is 15.0. The standard InChI is InChI=1S/C47H42BN5O/c1-32(2)39-23-12-17-34-16-11-15-33-14-7-8-22-40(33)45-30-49-47-41-29-38(26-27-42(41)50(3)48(46(34)39)53(45)47)54-37-21-13-20-36(28-37)52-31-51(35-18-5-4-6-19-35)43-24-9-10-25-44(43)52/h4-10,12-14,17-30,32H,11,15-16,31H2,1-3H3. The highest BCUT2D eigenvalue weighted by molar-refractivity contribution is 6.77. The van der Waals surface area contributed by atoms with Crippen LogP contribution in [0.15, 0.2) is 146 Å². The molecule has 4 heterocycles. The second kappa shape index (κ2) is 13.0. The van der Waals surface area contributed by atoms with E-state index in [0.29, 0.717) is 5.92 Å². The monoisotopic (exact) mass is 703 g/mol. The van der Waals surface area contributed by atoms with Crippen molar-refractivity contribution in [2.75, 3.05) is 28.3 Å². The Bertz CT molecular complexity index is 2530. The van der Waals surface area contributed by atoms with Crippen molar-refractivity contribution in [3.63, 3.8) is 0 Å². The fraction of sp³-hybridized carbons (Fsp3) is 0.170. The van der Waals surface area contributed by atoms with Crippen molar-refractivity contribution in [2.24, 2.45) is 0 Å². The Kier molecular flexibility index (Phi) is 7.83. The van der Waals surface area contributed by atoms with Gasteiger partial charge in [0.1, 0.15) is 24.0 Å². The Labute approximate surface area is 318 Å². The first-order valence-corrected chi connectivity index (χ1v) is 19.1. The van der Waals surface area contributed by atoms with Crippen LogP contribution in [-0.2, 0) is 12.8 Å². The Morgan fingerprint density at radius 1 is 0.630 bits per heavy atom. The van der Waals surface area contributed by atoms with Crippen LogP contribution in [0, 0.1) is 0 Å². The Morgan fingerprint density at radius 3 is 2.15 bits per heavy atom. The molecule has 6 aromatic carbocycles. The molecule has 0 saturated heterocycles. The molecule has 0 N–H and O–H groups in total. The van der Waals surface area contributed by atoms with Gasteiger partial charge >= 0.3 is 6.98 Å². The van der Waals surface area contributed by atoms with Crippen molar-refractivity contribution in [3.05, 3.63) is 162 Å². The van der Waals surface area contributed by atoms with Gasteiger partial charge in [0.05, 0.1) is 23.3 Å². The molecule has 0 aliphatic carbocycles. The quantitative estimate of drug-likeness (QED) is 0.167. The van der Waals surface area contributed by atoms with Gasteiger partial charge in [0, 0.05) is 34.3 Å². The second-order valence-electron chi connectivity index (χ2n) is 15.0. The largest absolute Gasteiger partial charge is 0.457 e. The van der Waals surface area contributed by atoms with Gasteiger partial charge in [-0.1, -0.05) is 92.7 Å². The number of rotatable bonds is 5. The minimum atomic E-state index is -0.0352. The van der Waals surface area contributed by atoms with E-state index in [2.05, 4.69) is 180 Å². The zero-order valence-electron chi connectivity index (χ0n) is 31.0. The molecular weight excluding hydrogens is 661 g/mol. The number of imidazole rings is 1. The Balaban J connectivity index is 1.04. The van der Waals surface area contributed by atoms with Crippen LogP contribution >= 0.6 is 0 Å². The van der Waals surface area contributed by atoms with Crippen molar-refractivity contribution in [2.45, 2.75) is 39.0 Å². The average molecular weight is 704 g/mol. The lowest BCUT2D eigenvalue weighted by Crippen LogP contribution is -2.57. The van der Waals surface area contributed by atoms with E-state index in [1.165, 1.54) is 44.8 Å². The number of aromatic nitrogens is 2. The predicted molar refractivity (Wildman–Crippen MR) is 223 cm³/mol. The normalized spacial score (nSPS) is 14.3. The van der Waals surface area contributed by atoms with Gasteiger partial charge in [-0.25, -0.2) is 4.98 Å². The highest BCUT2D eigenvalue weighted by Crippen LogP contribution is 2.46. The van der Waals surface area contributed by atoms with Gasteiger partial charge in [0.25, 0.3) is 0 Å². The molecule has 7 aromatic rings. The molecule has 54 heavy (non-hydrogen) atoms. The van der Waals surface area contributed by atoms with Crippen LogP contribution in [-0.4, -0.2) is 30.2 Å². The maximum Gasteiger partial charge on any atom is 0.417 e. The highest BCUT2D eigenvalue weighted by atomic mass is 16.5. The van der Waals surface area contributed by atoms with Gasteiger partial charge in [0.2, 0.25) is 0 Å². The van der Waals surface area contributed by atoms with Crippen LogP contribution in [0.25, 0.3) is 22.6 Å². The third-order valence-corrected chi connectivity index (χ3v) is 11.5. The van der Waals surface area contributed by atoms with Crippen molar-refractivity contribution in [1.29, 1.82) is 0 Å². The average Bonchev–Trinajstić information content (AvgIpc) is 3.82. The Hall–Kier alpha value is -6.21. The molecule has 0 radical (unpaired) electrons. The van der Waals surface area contributed by atoms with Crippen LogP contribution < -0.4 is 24.8 Å². The molecule has 0 spiro atoms. The number of hydrogen-bond donors (Lipinski definition) is 0. The minimum absolute atomic E-state index is 0.0352. The topological polar surface area (TPSA) is 36.8 Å². The molecule has 0 amide bonds. The third-order valence-electron chi connectivity index (χ3n) is 11.5. The van der Waals surface area contributed by atoms with Gasteiger partial charge in [-0.3, -0.25) is 0 Å². The molecular formula is C47H42BN5O. The fourth-order valence-corrected chi connectivity index (χ4v) is 8.94. The smallest absolute Gasteiger partial charge is 0.417 e. The van der Waals surface area contributed by atoms with E-state index in [9.17, 15) is 0 Å². The third kappa shape index (κ3) is 5.29. The highest BCUT2D eigenvalue weighted by Gasteiger charge is 2.41. The maximum absolute atomic E-state index is 6.72. The number of hydrogen-bond acceptors (Lipinski definition) is 5. The molecule has 264 valence electrons. The molecule has 0 saturated carbocycles. The summed E-state index contributed by atoms with van der Waals surface area (Å²) in [5, 5.41) is 0. The van der Waals surface area contributed by atoms with Gasteiger partial charge in [-0.2, -0.15) is 0 Å². The van der Waals surface area contributed by atoms with E-state index in [4.69, 9.17) is 9.72 Å². The number of anilines is 5. The van der Waals surface area contributed by atoms with Gasteiger partial charge in [-0.05, 0) is 109 Å². The summed E-state index contributed by atoms with van der Waals surface area (Å²) < 4.78 is 9.21. The number of fused-ring (bicyclic) bond motifs is 7. The van der Waals surface area contributed by atoms with Crippen molar-refractivity contribution >= 4 is 40.9 Å². The van der Waals surface area contributed by atoms with E-state index >= 15 is 0 Å². The summed E-state index contributed by atoms with van der Waals surface area (Å²) in [5.41, 5.74) is 14.9. The summed E-state index contributed by atoms with van der Waals surface area (Å²) in [6.07, 6.45) is 5.27. The molecule has 0 bridgehead atoms. The van der Waals surface area contributed by atoms with Gasteiger partial charge < -0.3 is 23.8 Å². The van der Waals surface area contributed by atoms with E-state index in [1.807, 2.05) is 6.07 Å². The summed E-state index contributed by atoms with van der Waals surface area (Å²) in [7, 11) is 2.24. The first kappa shape index (κ1) is 32.4. The summed E-state index contributed by atoms with van der Waals surface area (Å²) in [6, 6.07) is 49.9. The number of benzene rings is 6. The number of para-hydroxylation sites is 3. The van der Waals surface area contributed by atoms with Gasteiger partial charge in [0.15, 0.2) is 0 Å². The van der Waals surface area contributed by atoms with Crippen LogP contribution in [0.5, 0.6) is 11.5 Å².